The number of benzene rings is 3. The van der Waals surface area contributed by atoms with Gasteiger partial charge in [-0.05, 0) is 125 Å². The van der Waals surface area contributed by atoms with Crippen molar-refractivity contribution in [2.24, 2.45) is 11.8 Å². The summed E-state index contributed by atoms with van der Waals surface area (Å²) in [4.78, 5) is 15.9. The topological polar surface area (TPSA) is 51.6 Å². The first kappa shape index (κ1) is 54.8. The maximum Gasteiger partial charge on any atom is 0.125 e. The molecule has 3 aromatic carbocycles. The average molecular weight is 713 g/mol. The second-order valence-corrected chi connectivity index (χ2v) is 13.3. The highest BCUT2D eigenvalue weighted by molar-refractivity contribution is 5.83. The molecule has 0 aliphatic heterocycles. The maximum atomic E-state index is 3.97. The summed E-state index contributed by atoms with van der Waals surface area (Å²) < 4.78 is 0. The van der Waals surface area contributed by atoms with E-state index in [-0.39, 0.29) is 29.7 Å². The van der Waals surface area contributed by atoms with Gasteiger partial charge in [-0.3, -0.25) is 0 Å². The fourth-order valence-electron chi connectivity index (χ4n) is 4.92. The summed E-state index contributed by atoms with van der Waals surface area (Å²) in [5.74, 6) is 3.70. The fourth-order valence-corrected chi connectivity index (χ4v) is 4.92. The van der Waals surface area contributed by atoms with Crippen LogP contribution in [0.3, 0.4) is 0 Å². The minimum Gasteiger partial charge on any atom is -0.241 e. The van der Waals surface area contributed by atoms with E-state index in [4.69, 9.17) is 0 Å². The Labute approximate surface area is 323 Å². The molecule has 0 saturated heterocycles. The van der Waals surface area contributed by atoms with Crippen molar-refractivity contribution in [2.75, 3.05) is 0 Å². The Kier molecular flexibility index (Phi) is 31.3. The molecule has 6 rings (SSSR count). The Balaban J connectivity index is -0.000000271. The molecular weight excluding hydrogens is 633 g/mol. The van der Waals surface area contributed by atoms with E-state index in [1.807, 2.05) is 66.3 Å². The van der Waals surface area contributed by atoms with Crippen LogP contribution >= 0.6 is 0 Å². The van der Waals surface area contributed by atoms with Crippen LogP contribution in [0.1, 0.15) is 139 Å². The first-order valence-corrected chi connectivity index (χ1v) is 17.8. The second kappa shape index (κ2) is 29.6. The zero-order chi connectivity index (χ0) is 36.2. The van der Waals surface area contributed by atoms with Crippen molar-refractivity contribution in [3.05, 3.63) is 129 Å². The van der Waals surface area contributed by atoms with Crippen LogP contribution in [0.5, 0.6) is 0 Å². The summed E-state index contributed by atoms with van der Waals surface area (Å²) >= 11 is 0. The molecule has 0 N–H and O–H groups in total. The molecule has 1 fully saturated rings. The molecule has 0 spiro atoms. The van der Waals surface area contributed by atoms with Gasteiger partial charge < -0.3 is 0 Å². The van der Waals surface area contributed by atoms with Crippen LogP contribution in [0.15, 0.2) is 73.3 Å². The standard InChI is InChI=1S/C12H12.C10H14.C8H16.2C6H8N2.C2H6.4CH4/c1-9-3-5-12-8-10(2)4-6-11(12)7-9;1-7-5-6-8(2)10(4)9(7)3;1-7-3-5-8(2)6-4-7;2*1-5-3-7-6(2)8-4-5;1-2;;;;/h3-8H,1-2H3;5-6H,1-4H3;7-8H,3-6H2,1-2H3;2*3-4H,1-2H3;1-2H3;4*1H4. The summed E-state index contributed by atoms with van der Waals surface area (Å²) in [5, 5.41) is 2.67. The normalized spacial score (nSPS) is 13.4. The molecule has 1 aliphatic carbocycles. The smallest absolute Gasteiger partial charge is 0.125 e. The minimum absolute atomic E-state index is 0. The second-order valence-electron chi connectivity index (χ2n) is 13.3. The molecule has 0 atom stereocenters. The van der Waals surface area contributed by atoms with Gasteiger partial charge in [-0.2, -0.15) is 0 Å². The lowest BCUT2D eigenvalue weighted by Gasteiger charge is -2.22. The molecule has 4 nitrogen and oxygen atoms in total. The van der Waals surface area contributed by atoms with Gasteiger partial charge >= 0.3 is 0 Å². The number of rotatable bonds is 0. The highest BCUT2D eigenvalue weighted by Crippen LogP contribution is 2.27. The number of fused-ring (bicyclic) bond motifs is 1. The molecule has 0 bridgehead atoms. The van der Waals surface area contributed by atoms with Gasteiger partial charge in [0.2, 0.25) is 0 Å². The molecule has 5 aromatic rings. The van der Waals surface area contributed by atoms with Crippen LogP contribution in [0.25, 0.3) is 10.8 Å². The summed E-state index contributed by atoms with van der Waals surface area (Å²) in [6.07, 6.45) is 13.1. The van der Waals surface area contributed by atoms with Gasteiger partial charge in [0.1, 0.15) is 11.6 Å². The molecule has 0 amide bonds. The molecule has 52 heavy (non-hydrogen) atoms. The van der Waals surface area contributed by atoms with Gasteiger partial charge in [0.15, 0.2) is 0 Å². The fraction of sp³-hybridized carbons (Fsp3) is 0.500. The maximum absolute atomic E-state index is 3.97. The molecule has 4 heteroatoms. The minimum atomic E-state index is 0. The molecule has 0 radical (unpaired) electrons. The van der Waals surface area contributed by atoms with Crippen molar-refractivity contribution in [1.29, 1.82) is 0 Å². The van der Waals surface area contributed by atoms with E-state index in [0.717, 1.165) is 34.6 Å². The Morgan fingerprint density at radius 3 is 0.923 bits per heavy atom. The number of aryl methyl sites for hydroxylation is 8. The zero-order valence-electron chi connectivity index (χ0n) is 32.7. The van der Waals surface area contributed by atoms with Gasteiger partial charge in [-0.15, -0.1) is 0 Å². The van der Waals surface area contributed by atoms with Crippen molar-refractivity contribution >= 4 is 10.8 Å². The summed E-state index contributed by atoms with van der Waals surface area (Å²) in [6, 6.07) is 17.5. The van der Waals surface area contributed by atoms with Crippen LogP contribution < -0.4 is 0 Å². The first-order chi connectivity index (χ1) is 22.7. The van der Waals surface area contributed by atoms with Crippen molar-refractivity contribution in [3.8, 4) is 0 Å². The van der Waals surface area contributed by atoms with E-state index in [1.54, 1.807) is 0 Å². The molecule has 292 valence electrons. The van der Waals surface area contributed by atoms with Crippen LogP contribution in [0, 0.1) is 81.1 Å². The quantitative estimate of drug-likeness (QED) is 0.160. The van der Waals surface area contributed by atoms with Crippen molar-refractivity contribution in [3.63, 3.8) is 0 Å². The molecular formula is C48H80N4. The molecule has 2 heterocycles. The Morgan fingerprint density at radius 1 is 0.404 bits per heavy atom. The van der Waals surface area contributed by atoms with Crippen molar-refractivity contribution in [2.45, 2.75) is 152 Å². The zero-order valence-corrected chi connectivity index (χ0v) is 32.7. The predicted octanol–water partition coefficient (Wildman–Crippen LogP) is 15.0. The summed E-state index contributed by atoms with van der Waals surface area (Å²) in [5.41, 5.74) is 10.5. The Bertz CT molecular complexity index is 1430. The molecule has 1 aliphatic rings. The third-order valence-electron chi connectivity index (χ3n) is 8.60. The third-order valence-corrected chi connectivity index (χ3v) is 8.60. The van der Waals surface area contributed by atoms with Crippen molar-refractivity contribution < 1.29 is 0 Å². The Hall–Kier alpha value is -3.92. The predicted molar refractivity (Wildman–Crippen MR) is 237 cm³/mol. The van der Waals surface area contributed by atoms with Crippen molar-refractivity contribution in [1.82, 2.24) is 19.9 Å². The number of nitrogens with zero attached hydrogens (tertiary/aromatic N) is 4. The average Bonchev–Trinajstić information content (AvgIpc) is 3.08. The van der Waals surface area contributed by atoms with Crippen LogP contribution in [-0.4, -0.2) is 19.9 Å². The third kappa shape index (κ3) is 22.1. The van der Waals surface area contributed by atoms with E-state index in [0.29, 0.717) is 0 Å². The SMILES string of the molecule is C.C.C.C.CC.CC1CCC(C)CC1.Cc1ccc(C)c(C)c1C.Cc1ccc2cc(C)ccc2c1.Cc1cnc(C)nc1.Cc1cnc(C)nc1. The number of hydrogen-bond donors (Lipinski definition) is 0. The molecule has 0 unspecified atom stereocenters. The molecule has 1 saturated carbocycles. The van der Waals surface area contributed by atoms with Gasteiger partial charge in [-0.25, -0.2) is 19.9 Å². The van der Waals surface area contributed by atoms with E-state index >= 15 is 0 Å². The van der Waals surface area contributed by atoms with Crippen LogP contribution in [-0.2, 0) is 0 Å². The lowest BCUT2D eigenvalue weighted by atomic mass is 9.84. The highest BCUT2D eigenvalue weighted by atomic mass is 14.8. The van der Waals surface area contributed by atoms with E-state index in [2.05, 4.69) is 124 Å². The number of aromatic nitrogens is 4. The van der Waals surface area contributed by atoms with Gasteiger partial charge in [0.05, 0.1) is 0 Å². The highest BCUT2D eigenvalue weighted by Gasteiger charge is 2.13. The summed E-state index contributed by atoms with van der Waals surface area (Å²) in [6.45, 7) is 29.3. The van der Waals surface area contributed by atoms with E-state index in [9.17, 15) is 0 Å². The molecule has 2 aromatic heterocycles. The lowest BCUT2D eigenvalue weighted by Crippen LogP contribution is -2.08. The lowest BCUT2D eigenvalue weighted by molar-refractivity contribution is 0.308. The van der Waals surface area contributed by atoms with Gasteiger partial charge in [0.25, 0.3) is 0 Å². The number of hydrogen-bond acceptors (Lipinski definition) is 4. The summed E-state index contributed by atoms with van der Waals surface area (Å²) in [7, 11) is 0. The van der Waals surface area contributed by atoms with Crippen LogP contribution in [0.2, 0.25) is 0 Å². The monoisotopic (exact) mass is 713 g/mol. The van der Waals surface area contributed by atoms with Gasteiger partial charge in [0, 0.05) is 24.8 Å². The Morgan fingerprint density at radius 2 is 0.673 bits per heavy atom. The van der Waals surface area contributed by atoms with Crippen LogP contribution in [0.4, 0.5) is 0 Å². The van der Waals surface area contributed by atoms with E-state index in [1.165, 1.54) is 69.8 Å². The largest absolute Gasteiger partial charge is 0.241 e. The first-order valence-electron chi connectivity index (χ1n) is 17.8. The van der Waals surface area contributed by atoms with E-state index < -0.39 is 0 Å². The van der Waals surface area contributed by atoms with Gasteiger partial charge in [-0.1, -0.05) is 143 Å².